The van der Waals surface area contributed by atoms with Gasteiger partial charge in [-0.15, -0.1) is 11.8 Å². The van der Waals surface area contributed by atoms with Crippen LogP contribution in [-0.2, 0) is 11.2 Å². The van der Waals surface area contributed by atoms with Crippen LogP contribution in [0.25, 0.3) is 0 Å². The average Bonchev–Trinajstić information content (AvgIpc) is 3.07. The first kappa shape index (κ1) is 22.9. The van der Waals surface area contributed by atoms with E-state index in [0.717, 1.165) is 22.8 Å². The first-order valence-corrected chi connectivity index (χ1v) is 11.3. The highest BCUT2D eigenvalue weighted by atomic mass is 32.2. The summed E-state index contributed by atoms with van der Waals surface area (Å²) in [6.45, 7) is 11.1. The number of pyridine rings is 1. The van der Waals surface area contributed by atoms with Gasteiger partial charge in [0.05, 0.1) is 17.8 Å². The largest absolute Gasteiger partial charge is 0.492 e. The topological polar surface area (TPSA) is 77.2 Å². The van der Waals surface area contributed by atoms with Gasteiger partial charge in [-0.25, -0.2) is 4.98 Å². The lowest BCUT2D eigenvalue weighted by Crippen LogP contribution is -2.28. The summed E-state index contributed by atoms with van der Waals surface area (Å²) < 4.78 is 11.0. The van der Waals surface area contributed by atoms with Crippen LogP contribution in [0, 0.1) is 13.8 Å². The number of nitrogens with zero attached hydrogens (tertiary/aromatic N) is 2. The van der Waals surface area contributed by atoms with Crippen LogP contribution in [-0.4, -0.2) is 29.2 Å². The molecule has 3 rings (SSSR count). The molecule has 2 aromatic heterocycles. The Kier molecular flexibility index (Phi) is 7.38. The number of carbonyl (C=O) groups excluding carboxylic acids is 1. The summed E-state index contributed by atoms with van der Waals surface area (Å²) in [5.74, 6) is 2.06. The third-order valence-electron chi connectivity index (χ3n) is 4.93. The predicted molar refractivity (Wildman–Crippen MR) is 123 cm³/mol. The van der Waals surface area contributed by atoms with E-state index in [1.54, 1.807) is 18.3 Å². The number of hydrogen-bond donors (Lipinski definition) is 1. The summed E-state index contributed by atoms with van der Waals surface area (Å²) in [5, 5.41) is 7.57. The third-order valence-corrected chi connectivity index (χ3v) is 5.96. The molecule has 31 heavy (non-hydrogen) atoms. The Morgan fingerprint density at radius 2 is 1.90 bits per heavy atom. The molecule has 0 bridgehead atoms. The summed E-state index contributed by atoms with van der Waals surface area (Å²) >= 11 is 1.50. The first-order chi connectivity index (χ1) is 14.8. The van der Waals surface area contributed by atoms with Crippen molar-refractivity contribution in [2.75, 3.05) is 13.2 Å². The molecule has 164 valence electrons. The maximum absolute atomic E-state index is 12.7. The van der Waals surface area contributed by atoms with Gasteiger partial charge in [0.1, 0.15) is 23.1 Å². The number of ether oxygens (including phenoxy) is 1. The van der Waals surface area contributed by atoms with E-state index in [1.807, 2.05) is 26.0 Å². The summed E-state index contributed by atoms with van der Waals surface area (Å²) in [5.41, 5.74) is 3.81. The Balaban J connectivity index is 1.52. The zero-order chi connectivity index (χ0) is 22.4. The fraction of sp³-hybridized carbons (Fsp3) is 0.375. The molecule has 3 aromatic rings. The second kappa shape index (κ2) is 10.0. The zero-order valence-corrected chi connectivity index (χ0v) is 19.5. The number of aromatic nitrogens is 2. The average molecular weight is 440 g/mol. The van der Waals surface area contributed by atoms with Gasteiger partial charge >= 0.3 is 0 Å². The van der Waals surface area contributed by atoms with E-state index in [4.69, 9.17) is 9.26 Å². The minimum atomic E-state index is -0.166. The number of aryl methyl sites for hydroxylation is 2. The molecule has 0 aliphatic heterocycles. The van der Waals surface area contributed by atoms with Gasteiger partial charge in [-0.3, -0.25) is 4.79 Å². The number of benzene rings is 1. The molecule has 0 saturated heterocycles. The van der Waals surface area contributed by atoms with E-state index >= 15 is 0 Å². The summed E-state index contributed by atoms with van der Waals surface area (Å²) in [7, 11) is 0. The number of amides is 1. The van der Waals surface area contributed by atoms with Gasteiger partial charge in [-0.2, -0.15) is 0 Å². The molecule has 1 amide bonds. The molecule has 0 atom stereocenters. The Hall–Kier alpha value is -2.80. The number of rotatable bonds is 8. The zero-order valence-electron chi connectivity index (χ0n) is 18.7. The van der Waals surface area contributed by atoms with Crippen LogP contribution < -0.4 is 10.1 Å². The van der Waals surface area contributed by atoms with Crippen LogP contribution in [0.5, 0.6) is 5.75 Å². The van der Waals surface area contributed by atoms with Crippen LogP contribution in [0.15, 0.2) is 52.1 Å². The van der Waals surface area contributed by atoms with Crippen LogP contribution in [0.3, 0.4) is 0 Å². The third kappa shape index (κ3) is 6.10. The first-order valence-electron chi connectivity index (χ1n) is 10.3. The van der Waals surface area contributed by atoms with E-state index in [0.29, 0.717) is 29.5 Å². The van der Waals surface area contributed by atoms with Crippen molar-refractivity contribution in [3.8, 4) is 5.75 Å². The Labute approximate surface area is 187 Å². The highest BCUT2D eigenvalue weighted by Crippen LogP contribution is 2.27. The highest BCUT2D eigenvalue weighted by molar-refractivity contribution is 7.98. The summed E-state index contributed by atoms with van der Waals surface area (Å²) in [4.78, 5) is 17.1. The van der Waals surface area contributed by atoms with Crippen molar-refractivity contribution in [2.45, 2.75) is 50.8 Å². The molecule has 2 heterocycles. The van der Waals surface area contributed by atoms with Gasteiger partial charge in [0.2, 0.25) is 0 Å². The van der Waals surface area contributed by atoms with E-state index < -0.39 is 0 Å². The van der Waals surface area contributed by atoms with Gasteiger partial charge in [-0.1, -0.05) is 38.1 Å². The maximum atomic E-state index is 12.7. The number of nitrogens with one attached hydrogen (secondary N) is 1. The van der Waals surface area contributed by atoms with Crippen LogP contribution >= 0.6 is 11.8 Å². The molecular formula is C24H29N3O3S. The van der Waals surface area contributed by atoms with Crippen molar-refractivity contribution in [2.24, 2.45) is 0 Å². The predicted octanol–water partition coefficient (Wildman–Crippen LogP) is 5.09. The molecule has 0 spiro atoms. The fourth-order valence-corrected chi connectivity index (χ4v) is 4.15. The van der Waals surface area contributed by atoms with Gasteiger partial charge < -0.3 is 14.6 Å². The van der Waals surface area contributed by atoms with Crippen molar-refractivity contribution in [1.82, 2.24) is 15.5 Å². The lowest BCUT2D eigenvalue weighted by Gasteiger charge is -2.19. The van der Waals surface area contributed by atoms with E-state index in [1.165, 1.54) is 17.3 Å². The lowest BCUT2D eigenvalue weighted by molar-refractivity contribution is 0.0943. The Morgan fingerprint density at radius 3 is 2.55 bits per heavy atom. The molecule has 0 radical (unpaired) electrons. The van der Waals surface area contributed by atoms with E-state index in [-0.39, 0.29) is 11.3 Å². The van der Waals surface area contributed by atoms with Crippen molar-refractivity contribution >= 4 is 17.7 Å². The molecule has 0 unspecified atom stereocenters. The quantitative estimate of drug-likeness (QED) is 0.389. The van der Waals surface area contributed by atoms with Crippen LogP contribution in [0.1, 0.15) is 53.7 Å². The normalized spacial score (nSPS) is 11.4. The number of carbonyl (C=O) groups is 1. The van der Waals surface area contributed by atoms with Crippen molar-refractivity contribution in [3.05, 3.63) is 70.7 Å². The molecule has 6 nitrogen and oxygen atoms in total. The van der Waals surface area contributed by atoms with Crippen molar-refractivity contribution in [1.29, 1.82) is 0 Å². The van der Waals surface area contributed by atoms with E-state index in [9.17, 15) is 4.79 Å². The molecule has 0 aliphatic rings. The summed E-state index contributed by atoms with van der Waals surface area (Å²) in [6.07, 6.45) is 1.69. The fourth-order valence-electron chi connectivity index (χ4n) is 3.01. The monoisotopic (exact) mass is 439 g/mol. The second-order valence-electron chi connectivity index (χ2n) is 8.33. The molecule has 0 fully saturated rings. The van der Waals surface area contributed by atoms with Gasteiger partial charge in [0, 0.05) is 17.5 Å². The lowest BCUT2D eigenvalue weighted by atomic mass is 9.87. The molecule has 0 aliphatic carbocycles. The molecule has 1 aromatic carbocycles. The van der Waals surface area contributed by atoms with Crippen LogP contribution in [0.4, 0.5) is 0 Å². The van der Waals surface area contributed by atoms with E-state index in [2.05, 4.69) is 48.4 Å². The van der Waals surface area contributed by atoms with Gasteiger partial charge in [-0.05, 0) is 49.1 Å². The van der Waals surface area contributed by atoms with Gasteiger partial charge in [0.15, 0.2) is 0 Å². The van der Waals surface area contributed by atoms with Crippen molar-refractivity contribution in [3.63, 3.8) is 0 Å². The second-order valence-corrected chi connectivity index (χ2v) is 9.29. The Morgan fingerprint density at radius 1 is 1.16 bits per heavy atom. The highest BCUT2D eigenvalue weighted by Gasteiger charge is 2.16. The summed E-state index contributed by atoms with van der Waals surface area (Å²) in [6, 6.07) is 11.6. The standard InChI is InChI=1S/C24H29N3O3S/c1-16-21(17(2)30-27-16)15-31-23-20(7-6-12-26-23)22(28)25-13-14-29-19-10-8-18(9-11-19)24(3,4)5/h6-12H,13-15H2,1-5H3,(H,25,28). The molecule has 1 N–H and O–H groups in total. The molecular weight excluding hydrogens is 410 g/mol. The van der Waals surface area contributed by atoms with Crippen LogP contribution in [0.2, 0.25) is 0 Å². The maximum Gasteiger partial charge on any atom is 0.254 e. The minimum Gasteiger partial charge on any atom is -0.492 e. The SMILES string of the molecule is Cc1noc(C)c1CSc1ncccc1C(=O)NCCOc1ccc(C(C)(C)C)cc1. The van der Waals surface area contributed by atoms with Crippen molar-refractivity contribution < 1.29 is 14.1 Å². The smallest absolute Gasteiger partial charge is 0.254 e. The number of hydrogen-bond acceptors (Lipinski definition) is 6. The Bertz CT molecular complexity index is 1000. The van der Waals surface area contributed by atoms with Gasteiger partial charge in [0.25, 0.3) is 5.91 Å². The molecule has 7 heteroatoms. The molecule has 0 saturated carbocycles. The minimum absolute atomic E-state index is 0.109. The number of thioether (sulfide) groups is 1.